The molecule has 2 aliphatic heterocycles. The number of piperidine rings is 1. The van der Waals surface area contributed by atoms with Crippen molar-refractivity contribution in [1.82, 2.24) is 14.9 Å². The van der Waals surface area contributed by atoms with E-state index in [1.54, 1.807) is 0 Å². The molecular weight excluding hydrogens is 504 g/mol. The molecule has 8 heteroatoms. The summed E-state index contributed by atoms with van der Waals surface area (Å²) in [6.45, 7) is 3.12. The van der Waals surface area contributed by atoms with Gasteiger partial charge in [-0.25, -0.2) is 4.98 Å². The van der Waals surface area contributed by atoms with Crippen LogP contribution in [0.1, 0.15) is 65.3 Å². The van der Waals surface area contributed by atoms with Crippen LogP contribution in [0.25, 0.3) is 11.0 Å². The molecule has 2 fully saturated rings. The molecule has 4 aromatic rings. The van der Waals surface area contributed by atoms with Gasteiger partial charge in [0.15, 0.2) is 6.29 Å². The van der Waals surface area contributed by atoms with Crippen LogP contribution in [0, 0.1) is 0 Å². The first-order chi connectivity index (χ1) is 19.6. The van der Waals surface area contributed by atoms with Crippen LogP contribution in [0.3, 0.4) is 0 Å². The average Bonchev–Trinajstić information content (AvgIpc) is 3.01. The van der Waals surface area contributed by atoms with E-state index in [1.165, 1.54) is 25.5 Å². The topological polar surface area (TPSA) is 96.8 Å². The number of para-hydroxylation sites is 2. The number of nitrogens with one attached hydrogen (secondary N) is 1. The molecule has 0 bridgehead atoms. The summed E-state index contributed by atoms with van der Waals surface area (Å²) in [6.07, 6.45) is 5.41. The molecule has 0 radical (unpaired) electrons. The molecule has 0 saturated carbocycles. The predicted octanol–water partition coefficient (Wildman–Crippen LogP) is 5.41. The molecule has 8 nitrogen and oxygen atoms in total. The number of ether oxygens (including phenoxy) is 2. The van der Waals surface area contributed by atoms with Crippen molar-refractivity contribution < 1.29 is 19.4 Å². The van der Waals surface area contributed by atoms with Crippen molar-refractivity contribution >= 4 is 22.6 Å². The third-order valence-corrected chi connectivity index (χ3v) is 7.65. The minimum absolute atomic E-state index is 0.0193. The first kappa shape index (κ1) is 26.5. The first-order valence-corrected chi connectivity index (χ1v) is 14.0. The Balaban J connectivity index is 1.17. The van der Waals surface area contributed by atoms with Crippen molar-refractivity contribution in [1.29, 1.82) is 0 Å². The number of hydrogen-bond donors (Lipinski definition) is 2. The molecule has 6 rings (SSSR count). The zero-order valence-electron chi connectivity index (χ0n) is 22.4. The standard InChI is InChI=1S/C32H34N4O4/c37-21-22-8-10-23(11-9-22)30-18-26(20-36-16-4-1-5-17-36)39-32(40-30)24-12-14-25(15-13-24)34-31(38)29-19-33-27-6-2-3-7-28(27)35-29/h2-3,6-15,19,26,30,32,37H,1,4-5,16-18,20-21H2,(H,34,38). The Morgan fingerprint density at radius 1 is 0.900 bits per heavy atom. The maximum Gasteiger partial charge on any atom is 0.275 e. The highest BCUT2D eigenvalue weighted by atomic mass is 16.7. The summed E-state index contributed by atoms with van der Waals surface area (Å²) in [4.78, 5) is 24.1. The van der Waals surface area contributed by atoms with Crippen LogP contribution in [0.4, 0.5) is 5.69 Å². The van der Waals surface area contributed by atoms with E-state index in [0.717, 1.165) is 48.3 Å². The second-order valence-corrected chi connectivity index (χ2v) is 10.5. The quantitative estimate of drug-likeness (QED) is 0.325. The van der Waals surface area contributed by atoms with E-state index in [2.05, 4.69) is 20.2 Å². The number of rotatable bonds is 7. The molecule has 2 aliphatic rings. The van der Waals surface area contributed by atoms with Crippen molar-refractivity contribution in [3.63, 3.8) is 0 Å². The number of carbonyl (C=O) groups excluding carboxylic acids is 1. The van der Waals surface area contributed by atoms with Gasteiger partial charge in [-0.3, -0.25) is 9.78 Å². The average molecular weight is 539 g/mol. The maximum absolute atomic E-state index is 12.8. The minimum Gasteiger partial charge on any atom is -0.392 e. The molecule has 0 aliphatic carbocycles. The zero-order valence-corrected chi connectivity index (χ0v) is 22.4. The number of anilines is 1. The lowest BCUT2D eigenvalue weighted by atomic mass is 9.99. The van der Waals surface area contributed by atoms with Crippen molar-refractivity contribution in [2.75, 3.05) is 25.0 Å². The largest absolute Gasteiger partial charge is 0.392 e. The van der Waals surface area contributed by atoms with Crippen LogP contribution < -0.4 is 5.32 Å². The Morgan fingerprint density at radius 3 is 2.38 bits per heavy atom. The third kappa shape index (κ3) is 6.21. The molecule has 40 heavy (non-hydrogen) atoms. The van der Waals surface area contributed by atoms with E-state index >= 15 is 0 Å². The van der Waals surface area contributed by atoms with Gasteiger partial charge in [0, 0.05) is 24.2 Å². The van der Waals surface area contributed by atoms with Crippen molar-refractivity contribution in [3.8, 4) is 0 Å². The number of benzene rings is 3. The molecule has 206 valence electrons. The third-order valence-electron chi connectivity index (χ3n) is 7.65. The van der Waals surface area contributed by atoms with E-state index in [4.69, 9.17) is 9.47 Å². The van der Waals surface area contributed by atoms with Gasteiger partial charge in [0.25, 0.3) is 5.91 Å². The molecule has 0 spiro atoms. The van der Waals surface area contributed by atoms with Gasteiger partial charge in [-0.15, -0.1) is 0 Å². The van der Waals surface area contributed by atoms with Gasteiger partial charge in [-0.1, -0.05) is 55.0 Å². The number of fused-ring (bicyclic) bond motifs is 1. The molecule has 1 amide bonds. The number of aliphatic hydroxyl groups is 1. The van der Waals surface area contributed by atoms with Gasteiger partial charge >= 0.3 is 0 Å². The molecule has 3 heterocycles. The minimum atomic E-state index is -0.526. The smallest absolute Gasteiger partial charge is 0.275 e. The number of carbonyl (C=O) groups is 1. The molecule has 2 N–H and O–H groups in total. The number of aromatic nitrogens is 2. The van der Waals surface area contributed by atoms with E-state index in [-0.39, 0.29) is 30.4 Å². The molecular formula is C32H34N4O4. The van der Waals surface area contributed by atoms with Crippen LogP contribution in [-0.4, -0.2) is 51.6 Å². The lowest BCUT2D eigenvalue weighted by molar-refractivity contribution is -0.253. The van der Waals surface area contributed by atoms with Crippen LogP contribution >= 0.6 is 0 Å². The van der Waals surface area contributed by atoms with Gasteiger partial charge in [-0.2, -0.15) is 0 Å². The summed E-state index contributed by atoms with van der Waals surface area (Å²) in [5.41, 5.74) is 5.19. The Bertz CT molecular complexity index is 1440. The fraction of sp³-hybridized carbons (Fsp3) is 0.344. The van der Waals surface area contributed by atoms with Crippen LogP contribution in [-0.2, 0) is 16.1 Å². The second-order valence-electron chi connectivity index (χ2n) is 10.5. The summed E-state index contributed by atoms with van der Waals surface area (Å²) in [7, 11) is 0. The molecule has 3 unspecified atom stereocenters. The van der Waals surface area contributed by atoms with Gasteiger partial charge in [-0.05, 0) is 61.3 Å². The predicted molar refractivity (Wildman–Crippen MR) is 153 cm³/mol. The van der Waals surface area contributed by atoms with E-state index in [1.807, 2.05) is 72.8 Å². The van der Waals surface area contributed by atoms with Gasteiger partial charge in [0.1, 0.15) is 5.69 Å². The summed E-state index contributed by atoms with van der Waals surface area (Å²) in [5.74, 6) is -0.316. The van der Waals surface area contributed by atoms with E-state index in [9.17, 15) is 9.90 Å². The first-order valence-electron chi connectivity index (χ1n) is 14.0. The van der Waals surface area contributed by atoms with Crippen molar-refractivity contribution in [2.45, 2.75) is 50.8 Å². The number of aliphatic hydroxyl groups excluding tert-OH is 1. The number of likely N-dealkylation sites (tertiary alicyclic amines) is 1. The SMILES string of the molecule is O=C(Nc1ccc(C2OC(CN3CCCCC3)CC(c3ccc(CO)cc3)O2)cc1)c1cnc2ccccc2n1. The highest BCUT2D eigenvalue weighted by Gasteiger charge is 2.33. The maximum atomic E-state index is 12.8. The van der Waals surface area contributed by atoms with E-state index in [0.29, 0.717) is 11.2 Å². The van der Waals surface area contributed by atoms with Crippen LogP contribution in [0.2, 0.25) is 0 Å². The van der Waals surface area contributed by atoms with Gasteiger partial charge in [0.2, 0.25) is 0 Å². The lowest BCUT2D eigenvalue weighted by Crippen LogP contribution is -2.41. The van der Waals surface area contributed by atoms with Crippen LogP contribution in [0.5, 0.6) is 0 Å². The van der Waals surface area contributed by atoms with E-state index < -0.39 is 6.29 Å². The van der Waals surface area contributed by atoms with Gasteiger partial charge < -0.3 is 24.8 Å². The Labute approximate surface area is 234 Å². The fourth-order valence-electron chi connectivity index (χ4n) is 5.45. The molecule has 2 saturated heterocycles. The monoisotopic (exact) mass is 538 g/mol. The summed E-state index contributed by atoms with van der Waals surface area (Å²) in [5, 5.41) is 12.4. The molecule has 3 atom stereocenters. The number of hydrogen-bond acceptors (Lipinski definition) is 7. The normalized spacial score (nSPS) is 21.8. The molecule has 3 aromatic carbocycles. The lowest BCUT2D eigenvalue weighted by Gasteiger charge is -2.39. The number of nitrogens with zero attached hydrogens (tertiary/aromatic N) is 3. The Hall–Kier alpha value is -3.69. The highest BCUT2D eigenvalue weighted by Crippen LogP contribution is 2.38. The summed E-state index contributed by atoms with van der Waals surface area (Å²) in [6, 6.07) is 23.0. The fourth-order valence-corrected chi connectivity index (χ4v) is 5.45. The second kappa shape index (κ2) is 12.2. The van der Waals surface area contributed by atoms with Gasteiger partial charge in [0.05, 0.1) is 36.0 Å². The van der Waals surface area contributed by atoms with Crippen molar-refractivity contribution in [3.05, 3.63) is 101 Å². The summed E-state index contributed by atoms with van der Waals surface area (Å²) < 4.78 is 13.0. The number of amides is 1. The zero-order chi connectivity index (χ0) is 27.3. The van der Waals surface area contributed by atoms with Crippen molar-refractivity contribution in [2.24, 2.45) is 0 Å². The Morgan fingerprint density at radius 2 is 1.62 bits per heavy atom. The van der Waals surface area contributed by atoms with Crippen LogP contribution in [0.15, 0.2) is 79.0 Å². The Kier molecular flexibility index (Phi) is 8.11. The summed E-state index contributed by atoms with van der Waals surface area (Å²) >= 11 is 0. The molecule has 1 aromatic heterocycles. The highest BCUT2D eigenvalue weighted by molar-refractivity contribution is 6.03.